The molecule has 1 saturated carbocycles. The SMILES string of the molecule is Cc1oc(-c2cccs2)nc1CN1CCC(NCC2CC2)CC1. The molecule has 5 heteroatoms. The van der Waals surface area contributed by atoms with Crippen LogP contribution in [0.1, 0.15) is 37.1 Å². The molecule has 4 nitrogen and oxygen atoms in total. The van der Waals surface area contributed by atoms with Crippen LogP contribution in [0, 0.1) is 12.8 Å². The standard InChI is InChI=1S/C18H25N3OS/c1-13-16(20-18(22-13)17-3-2-10-23-17)12-21-8-6-15(7-9-21)19-11-14-4-5-14/h2-3,10,14-15,19H,4-9,11-12H2,1H3. The highest BCUT2D eigenvalue weighted by Crippen LogP contribution is 2.29. The summed E-state index contributed by atoms with van der Waals surface area (Å²) in [6.45, 7) is 6.49. The van der Waals surface area contributed by atoms with Gasteiger partial charge in [0, 0.05) is 25.7 Å². The molecule has 2 aromatic rings. The zero-order valence-corrected chi connectivity index (χ0v) is 14.6. The number of nitrogens with one attached hydrogen (secondary N) is 1. The van der Waals surface area contributed by atoms with E-state index in [4.69, 9.17) is 9.40 Å². The molecule has 2 fully saturated rings. The van der Waals surface area contributed by atoms with Gasteiger partial charge in [-0.15, -0.1) is 11.3 Å². The average Bonchev–Trinajstić information content (AvgIpc) is 3.09. The Bertz CT molecular complexity index is 625. The molecule has 0 unspecified atom stereocenters. The molecular formula is C18H25N3OS. The number of piperidine rings is 1. The van der Waals surface area contributed by atoms with Crippen molar-refractivity contribution in [3.63, 3.8) is 0 Å². The molecule has 1 saturated heterocycles. The van der Waals surface area contributed by atoms with Crippen molar-refractivity contribution in [1.82, 2.24) is 15.2 Å². The highest BCUT2D eigenvalue weighted by Gasteiger charge is 2.25. The summed E-state index contributed by atoms with van der Waals surface area (Å²) < 4.78 is 5.85. The molecule has 3 heterocycles. The molecule has 0 aromatic carbocycles. The van der Waals surface area contributed by atoms with E-state index in [1.165, 1.54) is 32.2 Å². The van der Waals surface area contributed by atoms with Crippen LogP contribution in [0.3, 0.4) is 0 Å². The molecule has 0 radical (unpaired) electrons. The highest BCUT2D eigenvalue weighted by atomic mass is 32.1. The number of hydrogen-bond acceptors (Lipinski definition) is 5. The number of likely N-dealkylation sites (tertiary alicyclic amines) is 1. The molecule has 1 aliphatic carbocycles. The van der Waals surface area contributed by atoms with Gasteiger partial charge in [-0.3, -0.25) is 4.90 Å². The van der Waals surface area contributed by atoms with Gasteiger partial charge in [0.15, 0.2) is 0 Å². The van der Waals surface area contributed by atoms with E-state index in [1.807, 2.05) is 13.0 Å². The van der Waals surface area contributed by atoms with Gasteiger partial charge in [0.25, 0.3) is 0 Å². The van der Waals surface area contributed by atoms with Crippen LogP contribution >= 0.6 is 11.3 Å². The summed E-state index contributed by atoms with van der Waals surface area (Å²) in [6.07, 6.45) is 5.37. The summed E-state index contributed by atoms with van der Waals surface area (Å²) in [7, 11) is 0. The Morgan fingerprint density at radius 3 is 2.83 bits per heavy atom. The quantitative estimate of drug-likeness (QED) is 0.877. The van der Waals surface area contributed by atoms with Gasteiger partial charge in [0.1, 0.15) is 5.76 Å². The number of aryl methyl sites for hydroxylation is 1. The van der Waals surface area contributed by atoms with E-state index in [0.29, 0.717) is 6.04 Å². The van der Waals surface area contributed by atoms with E-state index in [0.717, 1.165) is 47.8 Å². The minimum absolute atomic E-state index is 0.715. The number of thiophene rings is 1. The maximum Gasteiger partial charge on any atom is 0.236 e. The predicted molar refractivity (Wildman–Crippen MR) is 93.6 cm³/mol. The Balaban J connectivity index is 1.30. The fourth-order valence-electron chi connectivity index (χ4n) is 3.24. The van der Waals surface area contributed by atoms with Crippen LogP contribution in [-0.4, -0.2) is 35.6 Å². The molecule has 124 valence electrons. The first-order valence-electron chi connectivity index (χ1n) is 8.74. The molecule has 0 spiro atoms. The van der Waals surface area contributed by atoms with Crippen molar-refractivity contribution >= 4 is 11.3 Å². The van der Waals surface area contributed by atoms with Crippen molar-refractivity contribution in [2.75, 3.05) is 19.6 Å². The van der Waals surface area contributed by atoms with E-state index in [-0.39, 0.29) is 0 Å². The summed E-state index contributed by atoms with van der Waals surface area (Å²) in [5, 5.41) is 5.81. The van der Waals surface area contributed by atoms with E-state index in [9.17, 15) is 0 Å². The van der Waals surface area contributed by atoms with Crippen molar-refractivity contribution in [3.8, 4) is 10.8 Å². The van der Waals surface area contributed by atoms with Gasteiger partial charge in [-0.05, 0) is 56.5 Å². The number of nitrogens with zero attached hydrogens (tertiary/aromatic N) is 2. The van der Waals surface area contributed by atoms with Crippen LogP contribution in [0.2, 0.25) is 0 Å². The second kappa shape index (κ2) is 6.75. The second-order valence-corrected chi connectivity index (χ2v) is 7.85. The van der Waals surface area contributed by atoms with Crippen molar-refractivity contribution in [3.05, 3.63) is 29.0 Å². The van der Waals surface area contributed by atoms with Gasteiger partial charge in [0.05, 0.1) is 10.6 Å². The van der Waals surface area contributed by atoms with Gasteiger partial charge in [-0.25, -0.2) is 4.98 Å². The molecule has 4 rings (SSSR count). The molecule has 0 bridgehead atoms. The van der Waals surface area contributed by atoms with E-state index >= 15 is 0 Å². The molecule has 2 aliphatic rings. The van der Waals surface area contributed by atoms with Crippen LogP contribution in [0.5, 0.6) is 0 Å². The zero-order chi connectivity index (χ0) is 15.6. The molecule has 1 aliphatic heterocycles. The lowest BCUT2D eigenvalue weighted by atomic mass is 10.0. The Morgan fingerprint density at radius 1 is 1.30 bits per heavy atom. The van der Waals surface area contributed by atoms with Crippen LogP contribution in [0.4, 0.5) is 0 Å². The minimum Gasteiger partial charge on any atom is -0.440 e. The molecule has 1 N–H and O–H groups in total. The molecule has 0 amide bonds. The fraction of sp³-hybridized carbons (Fsp3) is 0.611. The lowest BCUT2D eigenvalue weighted by Crippen LogP contribution is -2.42. The minimum atomic E-state index is 0.715. The van der Waals surface area contributed by atoms with E-state index < -0.39 is 0 Å². The Labute approximate surface area is 141 Å². The molecular weight excluding hydrogens is 306 g/mol. The molecule has 23 heavy (non-hydrogen) atoms. The number of oxazole rings is 1. The first-order valence-corrected chi connectivity index (χ1v) is 9.62. The van der Waals surface area contributed by atoms with Crippen molar-refractivity contribution in [2.45, 2.75) is 45.2 Å². The predicted octanol–water partition coefficient (Wildman–Crippen LogP) is 3.68. The summed E-state index contributed by atoms with van der Waals surface area (Å²) >= 11 is 1.68. The van der Waals surface area contributed by atoms with E-state index in [1.54, 1.807) is 11.3 Å². The third-order valence-corrected chi connectivity index (χ3v) is 5.84. The lowest BCUT2D eigenvalue weighted by Gasteiger charge is -2.32. The Hall–Kier alpha value is -1.17. The van der Waals surface area contributed by atoms with Crippen LogP contribution < -0.4 is 5.32 Å². The summed E-state index contributed by atoms with van der Waals surface area (Å²) in [5.74, 6) is 2.71. The van der Waals surface area contributed by atoms with Crippen LogP contribution in [0.15, 0.2) is 21.9 Å². The third-order valence-electron chi connectivity index (χ3n) is 4.98. The Kier molecular flexibility index (Phi) is 4.51. The maximum atomic E-state index is 5.85. The first kappa shape index (κ1) is 15.4. The largest absolute Gasteiger partial charge is 0.440 e. The molecule has 0 atom stereocenters. The maximum absolute atomic E-state index is 5.85. The fourth-order valence-corrected chi connectivity index (χ4v) is 3.89. The first-order chi connectivity index (χ1) is 11.3. The topological polar surface area (TPSA) is 41.3 Å². The second-order valence-electron chi connectivity index (χ2n) is 6.90. The number of hydrogen-bond donors (Lipinski definition) is 1. The number of aromatic nitrogens is 1. The summed E-state index contributed by atoms with van der Waals surface area (Å²) in [5.41, 5.74) is 1.10. The van der Waals surface area contributed by atoms with Crippen molar-refractivity contribution in [1.29, 1.82) is 0 Å². The zero-order valence-electron chi connectivity index (χ0n) is 13.8. The van der Waals surface area contributed by atoms with Crippen molar-refractivity contribution < 1.29 is 4.42 Å². The van der Waals surface area contributed by atoms with Gasteiger partial charge < -0.3 is 9.73 Å². The highest BCUT2D eigenvalue weighted by molar-refractivity contribution is 7.13. The van der Waals surface area contributed by atoms with Gasteiger partial charge in [-0.1, -0.05) is 6.07 Å². The third kappa shape index (κ3) is 3.84. The van der Waals surface area contributed by atoms with Gasteiger partial charge in [0.2, 0.25) is 5.89 Å². The van der Waals surface area contributed by atoms with Crippen LogP contribution in [-0.2, 0) is 6.54 Å². The monoisotopic (exact) mass is 331 g/mol. The molecule has 2 aromatic heterocycles. The van der Waals surface area contributed by atoms with Gasteiger partial charge >= 0.3 is 0 Å². The summed E-state index contributed by atoms with van der Waals surface area (Å²) in [4.78, 5) is 8.35. The normalized spacial score (nSPS) is 20.2. The number of rotatable bonds is 6. The van der Waals surface area contributed by atoms with Crippen LogP contribution in [0.25, 0.3) is 10.8 Å². The van der Waals surface area contributed by atoms with Crippen molar-refractivity contribution in [2.24, 2.45) is 5.92 Å². The summed E-state index contributed by atoms with van der Waals surface area (Å²) in [6, 6.07) is 4.82. The smallest absolute Gasteiger partial charge is 0.236 e. The van der Waals surface area contributed by atoms with E-state index in [2.05, 4.69) is 21.7 Å². The average molecular weight is 331 g/mol. The lowest BCUT2D eigenvalue weighted by molar-refractivity contribution is 0.188. The van der Waals surface area contributed by atoms with Gasteiger partial charge in [-0.2, -0.15) is 0 Å². The Morgan fingerprint density at radius 2 is 2.13 bits per heavy atom.